The zero-order valence-electron chi connectivity index (χ0n) is 10.8. The van der Waals surface area contributed by atoms with Gasteiger partial charge in [-0.3, -0.25) is 9.36 Å². The van der Waals surface area contributed by atoms with Crippen molar-refractivity contribution in [3.63, 3.8) is 0 Å². The van der Waals surface area contributed by atoms with Gasteiger partial charge in [0.25, 0.3) is 5.24 Å². The number of hydrogen-bond acceptors (Lipinski definition) is 5. The first-order chi connectivity index (χ1) is 10.0. The van der Waals surface area contributed by atoms with E-state index in [1.807, 2.05) is 0 Å². The van der Waals surface area contributed by atoms with Crippen molar-refractivity contribution in [1.82, 2.24) is 14.8 Å². The molecule has 0 saturated heterocycles. The number of aliphatic hydroxyl groups is 1. The summed E-state index contributed by atoms with van der Waals surface area (Å²) in [5.41, 5.74) is 5.79. The van der Waals surface area contributed by atoms with E-state index in [-0.39, 0.29) is 6.61 Å². The smallest absolute Gasteiger partial charge is 0.284 e. The Morgan fingerprint density at radius 3 is 2.76 bits per heavy atom. The maximum absolute atomic E-state index is 11.1. The number of aliphatic hydroxyl groups excluding tert-OH is 1. The Morgan fingerprint density at radius 2 is 2.14 bits per heavy atom. The molecule has 21 heavy (non-hydrogen) atoms. The second-order valence-electron chi connectivity index (χ2n) is 4.08. The lowest BCUT2D eigenvalue weighted by atomic mass is 10.2. The van der Waals surface area contributed by atoms with Crippen LogP contribution in [0.15, 0.2) is 23.4 Å². The number of carbonyl (C=O) groups is 1. The average molecular weight is 347 g/mol. The molecule has 0 saturated carbocycles. The molecule has 0 spiro atoms. The van der Waals surface area contributed by atoms with Crippen molar-refractivity contribution in [2.24, 2.45) is 5.73 Å². The number of rotatable bonds is 5. The number of halogens is 2. The largest absolute Gasteiger partial charge is 0.396 e. The minimum Gasteiger partial charge on any atom is -0.396 e. The van der Waals surface area contributed by atoms with Crippen molar-refractivity contribution in [3.05, 3.63) is 34.1 Å². The second-order valence-corrected chi connectivity index (χ2v) is 5.89. The van der Waals surface area contributed by atoms with Gasteiger partial charge in [0.1, 0.15) is 5.82 Å². The lowest BCUT2D eigenvalue weighted by molar-refractivity contribution is 0.267. The van der Waals surface area contributed by atoms with Crippen molar-refractivity contribution in [1.29, 1.82) is 0 Å². The summed E-state index contributed by atoms with van der Waals surface area (Å²) in [6.07, 6.45) is 1.01. The summed E-state index contributed by atoms with van der Waals surface area (Å²) >= 11 is 12.8. The number of aryl methyl sites for hydroxylation is 1. The molecular formula is C12H12Cl2N4O2S. The third-order valence-electron chi connectivity index (χ3n) is 2.60. The van der Waals surface area contributed by atoms with Gasteiger partial charge < -0.3 is 10.8 Å². The summed E-state index contributed by atoms with van der Waals surface area (Å²) in [7, 11) is 0. The molecule has 1 heterocycles. The van der Waals surface area contributed by atoms with E-state index in [1.165, 1.54) is 0 Å². The van der Waals surface area contributed by atoms with E-state index in [0.29, 0.717) is 39.6 Å². The van der Waals surface area contributed by atoms with Gasteiger partial charge in [0.15, 0.2) is 0 Å². The Balaban J connectivity index is 2.51. The molecular weight excluding hydrogens is 335 g/mol. The summed E-state index contributed by atoms with van der Waals surface area (Å²) in [6, 6.07) is 4.98. The Labute approximate surface area is 135 Å². The molecule has 2 aromatic rings. The molecule has 0 aliphatic heterocycles. The maximum atomic E-state index is 11.1. The highest BCUT2D eigenvalue weighted by Crippen LogP contribution is 2.29. The normalized spacial score (nSPS) is 10.8. The van der Waals surface area contributed by atoms with Crippen LogP contribution in [-0.4, -0.2) is 31.7 Å². The summed E-state index contributed by atoms with van der Waals surface area (Å²) in [4.78, 5) is 11.1. The van der Waals surface area contributed by atoms with Crippen molar-refractivity contribution < 1.29 is 9.90 Å². The van der Waals surface area contributed by atoms with E-state index < -0.39 is 5.24 Å². The topological polar surface area (TPSA) is 94.0 Å². The third kappa shape index (κ3) is 3.88. The van der Waals surface area contributed by atoms with Crippen molar-refractivity contribution in [2.75, 3.05) is 6.61 Å². The number of hydrogen-bond donors (Lipinski definition) is 2. The molecule has 1 aromatic heterocycles. The number of carbonyl (C=O) groups excluding carboxylic acids is 1. The summed E-state index contributed by atoms with van der Waals surface area (Å²) in [5.74, 6) is 0.581. The molecule has 0 aliphatic carbocycles. The van der Waals surface area contributed by atoms with Crippen LogP contribution in [0.5, 0.6) is 0 Å². The molecule has 0 bridgehead atoms. The number of aromatic nitrogens is 3. The van der Waals surface area contributed by atoms with Gasteiger partial charge in [-0.1, -0.05) is 23.2 Å². The molecule has 6 nitrogen and oxygen atoms in total. The van der Waals surface area contributed by atoms with Crippen LogP contribution < -0.4 is 5.73 Å². The van der Waals surface area contributed by atoms with E-state index >= 15 is 0 Å². The van der Waals surface area contributed by atoms with Crippen LogP contribution in [0.2, 0.25) is 10.0 Å². The summed E-state index contributed by atoms with van der Waals surface area (Å²) in [5, 5.41) is 17.6. The fourth-order valence-electron chi connectivity index (χ4n) is 1.76. The first kappa shape index (κ1) is 16.1. The Hall–Kier alpha value is -1.28. The fourth-order valence-corrected chi connectivity index (χ4v) is 2.81. The quantitative estimate of drug-likeness (QED) is 0.811. The zero-order chi connectivity index (χ0) is 15.4. The molecule has 0 unspecified atom stereocenters. The second kappa shape index (κ2) is 7.13. The molecule has 112 valence electrons. The predicted molar refractivity (Wildman–Crippen MR) is 82.2 cm³/mol. The summed E-state index contributed by atoms with van der Waals surface area (Å²) < 4.78 is 1.64. The van der Waals surface area contributed by atoms with Crippen LogP contribution in [-0.2, 0) is 6.42 Å². The number of amides is 1. The van der Waals surface area contributed by atoms with E-state index in [4.69, 9.17) is 34.0 Å². The standard InChI is InChI=1S/C12H12Cl2N4O2S/c13-7-3-4-9(8(14)6-7)18-10(2-1-5-19)16-17-12(18)21-11(15)20/h3-4,6,19H,1-2,5H2,(H2,15,20). The van der Waals surface area contributed by atoms with Crippen LogP contribution in [0.3, 0.4) is 0 Å². The van der Waals surface area contributed by atoms with E-state index in [2.05, 4.69) is 10.2 Å². The van der Waals surface area contributed by atoms with Crippen molar-refractivity contribution in [3.8, 4) is 5.69 Å². The van der Waals surface area contributed by atoms with Gasteiger partial charge in [-0.2, -0.15) is 0 Å². The zero-order valence-corrected chi connectivity index (χ0v) is 13.1. The minimum atomic E-state index is -0.595. The predicted octanol–water partition coefficient (Wildman–Crippen LogP) is 2.67. The lowest BCUT2D eigenvalue weighted by Gasteiger charge is -2.11. The van der Waals surface area contributed by atoms with Crippen molar-refractivity contribution in [2.45, 2.75) is 18.0 Å². The van der Waals surface area contributed by atoms with Gasteiger partial charge >= 0.3 is 0 Å². The first-order valence-corrected chi connectivity index (χ1v) is 7.58. The maximum Gasteiger partial charge on any atom is 0.284 e. The van der Waals surface area contributed by atoms with Gasteiger partial charge in [-0.25, -0.2) is 0 Å². The van der Waals surface area contributed by atoms with Crippen LogP contribution in [0, 0.1) is 0 Å². The van der Waals surface area contributed by atoms with Crippen LogP contribution in [0.1, 0.15) is 12.2 Å². The molecule has 3 N–H and O–H groups in total. The Bertz CT molecular complexity index is 663. The molecule has 0 atom stereocenters. The minimum absolute atomic E-state index is 0.0273. The molecule has 1 amide bonds. The highest BCUT2D eigenvalue weighted by atomic mass is 35.5. The van der Waals surface area contributed by atoms with E-state index in [0.717, 1.165) is 11.8 Å². The third-order valence-corrected chi connectivity index (χ3v) is 3.79. The average Bonchev–Trinajstić information content (AvgIpc) is 2.78. The van der Waals surface area contributed by atoms with Crippen LogP contribution >= 0.6 is 35.0 Å². The summed E-state index contributed by atoms with van der Waals surface area (Å²) in [6.45, 7) is 0.0273. The monoisotopic (exact) mass is 346 g/mol. The van der Waals surface area contributed by atoms with Crippen LogP contribution in [0.4, 0.5) is 4.79 Å². The highest BCUT2D eigenvalue weighted by molar-refractivity contribution is 8.13. The Morgan fingerprint density at radius 1 is 1.38 bits per heavy atom. The van der Waals surface area contributed by atoms with Crippen LogP contribution in [0.25, 0.3) is 5.69 Å². The fraction of sp³-hybridized carbons (Fsp3) is 0.250. The van der Waals surface area contributed by atoms with Gasteiger partial charge in [0.05, 0.1) is 10.7 Å². The number of primary amides is 1. The van der Waals surface area contributed by atoms with Gasteiger partial charge in [0, 0.05) is 29.8 Å². The molecule has 2 rings (SSSR count). The van der Waals surface area contributed by atoms with Gasteiger partial charge in [-0.15, -0.1) is 10.2 Å². The number of nitrogens with zero attached hydrogens (tertiary/aromatic N) is 3. The highest BCUT2D eigenvalue weighted by Gasteiger charge is 2.18. The number of nitrogens with two attached hydrogens (primary N) is 1. The van der Waals surface area contributed by atoms with E-state index in [9.17, 15) is 4.79 Å². The molecule has 0 radical (unpaired) electrons. The van der Waals surface area contributed by atoms with Crippen molar-refractivity contribution >= 4 is 40.2 Å². The van der Waals surface area contributed by atoms with Gasteiger partial charge in [0.2, 0.25) is 5.16 Å². The lowest BCUT2D eigenvalue weighted by Crippen LogP contribution is -2.08. The molecule has 1 aromatic carbocycles. The molecule has 0 aliphatic rings. The molecule has 0 fully saturated rings. The Kier molecular flexibility index (Phi) is 5.46. The first-order valence-electron chi connectivity index (χ1n) is 6.00. The SMILES string of the molecule is NC(=O)Sc1nnc(CCCO)n1-c1ccc(Cl)cc1Cl. The van der Waals surface area contributed by atoms with E-state index in [1.54, 1.807) is 22.8 Å². The number of benzene rings is 1. The number of thioether (sulfide) groups is 1. The van der Waals surface area contributed by atoms with Gasteiger partial charge in [-0.05, 0) is 24.6 Å². The molecule has 9 heteroatoms.